The molecule has 0 atom stereocenters. The van der Waals surface area contributed by atoms with E-state index in [1.807, 2.05) is 25.1 Å². The predicted octanol–water partition coefficient (Wildman–Crippen LogP) is 4.75. The number of carbonyl (C=O) groups excluding carboxylic acids is 1. The van der Waals surface area contributed by atoms with E-state index in [0.717, 1.165) is 34.7 Å². The summed E-state index contributed by atoms with van der Waals surface area (Å²) in [5.74, 6) is -0.217. The predicted molar refractivity (Wildman–Crippen MR) is 125 cm³/mol. The topological polar surface area (TPSA) is 51.1 Å². The van der Waals surface area contributed by atoms with Gasteiger partial charge in [0.1, 0.15) is 12.3 Å². The zero-order chi connectivity index (χ0) is 20.6. The number of halogens is 1. The fraction of sp³-hybridized carbons (Fsp3) is 0.391. The third kappa shape index (κ3) is 6.17. The largest absolute Gasteiger partial charge is 0.463 e. The van der Waals surface area contributed by atoms with E-state index in [-0.39, 0.29) is 18.4 Å². The lowest BCUT2D eigenvalue weighted by Gasteiger charge is -2.25. The standard InChI is InChI=1S/C23H28N2O3S.ClH/c1-4-27-23(26)19-9-7-12-25(16-19)13-14-28-24-21(22-18(3)11-15-29-22)20-10-6-5-8-17(20)2;/h5-6,8-11,15H,4,7,12-14,16H2,1-3H3;1H. The van der Waals surface area contributed by atoms with E-state index >= 15 is 0 Å². The lowest BCUT2D eigenvalue weighted by Crippen LogP contribution is -2.35. The molecule has 0 aliphatic carbocycles. The van der Waals surface area contributed by atoms with Crippen LogP contribution in [0.2, 0.25) is 0 Å². The molecule has 0 fully saturated rings. The molecule has 0 radical (unpaired) electrons. The molecule has 1 aliphatic rings. The highest BCUT2D eigenvalue weighted by Crippen LogP contribution is 2.23. The van der Waals surface area contributed by atoms with Gasteiger partial charge in [0.25, 0.3) is 0 Å². The molecular formula is C23H29ClN2O3S. The molecule has 0 saturated carbocycles. The molecule has 30 heavy (non-hydrogen) atoms. The van der Waals surface area contributed by atoms with E-state index < -0.39 is 0 Å². The van der Waals surface area contributed by atoms with Gasteiger partial charge in [0, 0.05) is 30.8 Å². The molecule has 1 aromatic carbocycles. The minimum atomic E-state index is -0.217. The number of thiophene rings is 1. The summed E-state index contributed by atoms with van der Waals surface area (Å²) in [5, 5.41) is 6.60. The van der Waals surface area contributed by atoms with Crippen LogP contribution in [0.5, 0.6) is 0 Å². The Bertz CT molecular complexity index is 907. The Morgan fingerprint density at radius 1 is 1.20 bits per heavy atom. The van der Waals surface area contributed by atoms with Gasteiger partial charge in [-0.2, -0.15) is 0 Å². The minimum Gasteiger partial charge on any atom is -0.463 e. The highest BCUT2D eigenvalue weighted by molar-refractivity contribution is 7.12. The Morgan fingerprint density at radius 3 is 2.70 bits per heavy atom. The van der Waals surface area contributed by atoms with Crippen LogP contribution in [0.15, 0.2) is 52.5 Å². The summed E-state index contributed by atoms with van der Waals surface area (Å²) < 4.78 is 5.11. The quantitative estimate of drug-likeness (QED) is 0.253. The third-order valence-corrected chi connectivity index (χ3v) is 5.92. The van der Waals surface area contributed by atoms with Crippen LogP contribution in [0.25, 0.3) is 0 Å². The van der Waals surface area contributed by atoms with Gasteiger partial charge in [-0.25, -0.2) is 4.79 Å². The molecule has 7 heteroatoms. The van der Waals surface area contributed by atoms with Crippen molar-refractivity contribution in [2.45, 2.75) is 27.2 Å². The summed E-state index contributed by atoms with van der Waals surface area (Å²) in [6.45, 7) is 9.09. The molecule has 2 heterocycles. The Labute approximate surface area is 188 Å². The first-order valence-corrected chi connectivity index (χ1v) is 10.9. The van der Waals surface area contributed by atoms with Gasteiger partial charge in [-0.1, -0.05) is 35.5 Å². The maximum atomic E-state index is 11.9. The van der Waals surface area contributed by atoms with Crippen molar-refractivity contribution in [3.63, 3.8) is 0 Å². The van der Waals surface area contributed by atoms with E-state index in [1.165, 1.54) is 11.1 Å². The normalized spacial score (nSPS) is 14.6. The van der Waals surface area contributed by atoms with Crippen LogP contribution in [0.1, 0.15) is 34.9 Å². The molecule has 0 amide bonds. The summed E-state index contributed by atoms with van der Waals surface area (Å²) >= 11 is 1.68. The zero-order valence-corrected chi connectivity index (χ0v) is 19.4. The lowest BCUT2D eigenvalue weighted by atomic mass is 10.0. The number of benzene rings is 1. The Kier molecular flexibility index (Phi) is 9.56. The van der Waals surface area contributed by atoms with Crippen molar-refractivity contribution in [2.24, 2.45) is 5.16 Å². The summed E-state index contributed by atoms with van der Waals surface area (Å²) in [5.41, 5.74) is 5.06. The molecule has 0 bridgehead atoms. The second kappa shape index (κ2) is 11.9. The third-order valence-electron chi connectivity index (χ3n) is 4.90. The van der Waals surface area contributed by atoms with E-state index in [0.29, 0.717) is 26.3 Å². The van der Waals surface area contributed by atoms with E-state index in [1.54, 1.807) is 11.3 Å². The lowest BCUT2D eigenvalue weighted by molar-refractivity contribution is -0.139. The average molecular weight is 449 g/mol. The van der Waals surface area contributed by atoms with Gasteiger partial charge in [-0.3, -0.25) is 4.90 Å². The maximum Gasteiger partial charge on any atom is 0.334 e. The van der Waals surface area contributed by atoms with Crippen molar-refractivity contribution in [1.82, 2.24) is 4.90 Å². The van der Waals surface area contributed by atoms with Crippen LogP contribution in [-0.2, 0) is 14.4 Å². The number of nitrogens with zero attached hydrogens (tertiary/aromatic N) is 2. The molecule has 162 valence electrons. The van der Waals surface area contributed by atoms with Gasteiger partial charge in [0.05, 0.1) is 11.5 Å². The second-order valence-corrected chi connectivity index (χ2v) is 7.95. The van der Waals surface area contributed by atoms with Gasteiger partial charge in [-0.15, -0.1) is 23.7 Å². The number of hydrogen-bond acceptors (Lipinski definition) is 6. The molecule has 2 aromatic rings. The summed E-state index contributed by atoms with van der Waals surface area (Å²) in [6.07, 6.45) is 2.82. The van der Waals surface area contributed by atoms with Crippen LogP contribution in [0.4, 0.5) is 0 Å². The fourth-order valence-electron chi connectivity index (χ4n) is 3.32. The smallest absolute Gasteiger partial charge is 0.334 e. The van der Waals surface area contributed by atoms with E-state index in [4.69, 9.17) is 9.57 Å². The van der Waals surface area contributed by atoms with E-state index in [2.05, 4.69) is 47.5 Å². The number of hydrogen-bond donors (Lipinski definition) is 0. The second-order valence-electron chi connectivity index (χ2n) is 7.04. The Hall–Kier alpha value is -2.15. The highest BCUT2D eigenvalue weighted by Gasteiger charge is 2.19. The molecule has 0 N–H and O–H groups in total. The first kappa shape index (κ1) is 24.1. The average Bonchev–Trinajstić information content (AvgIpc) is 3.15. The number of carbonyl (C=O) groups is 1. The van der Waals surface area contributed by atoms with Crippen LogP contribution in [-0.4, -0.2) is 49.4 Å². The van der Waals surface area contributed by atoms with Crippen LogP contribution < -0.4 is 0 Å². The van der Waals surface area contributed by atoms with Crippen molar-refractivity contribution in [3.05, 3.63) is 68.9 Å². The van der Waals surface area contributed by atoms with Gasteiger partial charge < -0.3 is 9.57 Å². The molecule has 1 aliphatic heterocycles. The fourth-order valence-corrected chi connectivity index (χ4v) is 4.24. The van der Waals surface area contributed by atoms with Crippen LogP contribution in [0, 0.1) is 13.8 Å². The summed E-state index contributed by atoms with van der Waals surface area (Å²) in [7, 11) is 0. The van der Waals surface area contributed by atoms with Crippen molar-refractivity contribution in [3.8, 4) is 0 Å². The molecular weight excluding hydrogens is 420 g/mol. The summed E-state index contributed by atoms with van der Waals surface area (Å²) in [6, 6.07) is 10.3. The number of ether oxygens (including phenoxy) is 1. The minimum absolute atomic E-state index is 0. The number of rotatable bonds is 8. The van der Waals surface area contributed by atoms with Crippen molar-refractivity contribution < 1.29 is 14.4 Å². The molecule has 0 saturated heterocycles. The molecule has 3 rings (SSSR count). The first-order valence-electron chi connectivity index (χ1n) is 9.99. The van der Waals surface area contributed by atoms with Gasteiger partial charge in [-0.05, 0) is 49.8 Å². The number of oxime groups is 1. The molecule has 0 unspecified atom stereocenters. The van der Waals surface area contributed by atoms with E-state index in [9.17, 15) is 4.79 Å². The van der Waals surface area contributed by atoms with Crippen molar-refractivity contribution >= 4 is 35.4 Å². The molecule has 1 aromatic heterocycles. The van der Waals surface area contributed by atoms with Crippen LogP contribution >= 0.6 is 23.7 Å². The number of esters is 1. The first-order chi connectivity index (χ1) is 14.1. The molecule has 0 spiro atoms. The maximum absolute atomic E-state index is 11.9. The molecule has 5 nitrogen and oxygen atoms in total. The SMILES string of the molecule is CCOC(=O)C1=CCCN(CCON=C(c2ccccc2C)c2sccc2C)C1.Cl. The van der Waals surface area contributed by atoms with Crippen molar-refractivity contribution in [1.29, 1.82) is 0 Å². The zero-order valence-electron chi connectivity index (χ0n) is 17.7. The Balaban J connectivity index is 0.00000320. The van der Waals surface area contributed by atoms with Crippen molar-refractivity contribution in [2.75, 3.05) is 32.8 Å². The van der Waals surface area contributed by atoms with Gasteiger partial charge in [0.15, 0.2) is 0 Å². The number of aryl methyl sites for hydroxylation is 2. The Morgan fingerprint density at radius 2 is 2.00 bits per heavy atom. The van der Waals surface area contributed by atoms with Crippen LogP contribution in [0.3, 0.4) is 0 Å². The highest BCUT2D eigenvalue weighted by atomic mass is 35.5. The monoisotopic (exact) mass is 448 g/mol. The van der Waals surface area contributed by atoms with Gasteiger partial charge in [0.2, 0.25) is 0 Å². The van der Waals surface area contributed by atoms with Gasteiger partial charge >= 0.3 is 5.97 Å². The summed E-state index contributed by atoms with van der Waals surface area (Å²) in [4.78, 5) is 21.0.